The molecule has 0 aliphatic rings. The number of allylic oxidation sites excluding steroid dienone is 5. The van der Waals surface area contributed by atoms with Crippen LogP contribution >= 0.6 is 0 Å². The van der Waals surface area contributed by atoms with Gasteiger partial charge in [-0.25, -0.2) is 0 Å². The molecule has 23 heavy (non-hydrogen) atoms. The first kappa shape index (κ1) is 19.0. The Morgan fingerprint density at radius 3 is 2.39 bits per heavy atom. The predicted molar refractivity (Wildman–Crippen MR) is 85.9 cm³/mol. The zero-order valence-electron chi connectivity index (χ0n) is 13.2. The first-order valence-corrected chi connectivity index (χ1v) is 7.33. The fourth-order valence-electron chi connectivity index (χ4n) is 1.87. The van der Waals surface area contributed by atoms with Gasteiger partial charge < -0.3 is 5.11 Å². The van der Waals surface area contributed by atoms with Gasteiger partial charge in [-0.15, -0.1) is 13.2 Å². The molecule has 0 aliphatic carbocycles. The van der Waals surface area contributed by atoms with E-state index in [4.69, 9.17) is 0 Å². The zero-order valence-corrected chi connectivity index (χ0v) is 13.2. The average molecular weight is 326 g/mol. The number of unbranched alkanes of at least 4 members (excludes halogenated alkanes) is 1. The summed E-state index contributed by atoms with van der Waals surface area (Å²) in [4.78, 5) is 0. The van der Waals surface area contributed by atoms with Crippen LogP contribution in [0.15, 0.2) is 54.3 Å². The van der Waals surface area contributed by atoms with Gasteiger partial charge in [0.05, 0.1) is 6.61 Å². The number of aliphatic hydroxyl groups excluding tert-OH is 1. The van der Waals surface area contributed by atoms with Crippen molar-refractivity contribution in [3.8, 4) is 0 Å². The molecule has 0 atom stereocenters. The van der Waals surface area contributed by atoms with Crippen molar-refractivity contribution in [3.05, 3.63) is 65.5 Å². The quantitative estimate of drug-likeness (QED) is 0.395. The summed E-state index contributed by atoms with van der Waals surface area (Å²) in [6.45, 7) is 3.49. The van der Waals surface area contributed by atoms with Gasteiger partial charge in [0.25, 0.3) is 0 Å². The molecule has 1 N–H and O–H groups in total. The molecule has 1 rings (SSSR count). The van der Waals surface area contributed by atoms with Gasteiger partial charge in [-0.3, -0.25) is 4.74 Å². The molecule has 0 aromatic heterocycles. The van der Waals surface area contributed by atoms with E-state index in [1.807, 2.05) is 44.2 Å². The molecular weight excluding hydrogens is 305 g/mol. The van der Waals surface area contributed by atoms with E-state index in [9.17, 15) is 18.3 Å². The van der Waals surface area contributed by atoms with E-state index in [0.29, 0.717) is 6.42 Å². The number of rotatable bonds is 7. The summed E-state index contributed by atoms with van der Waals surface area (Å²) in [6.07, 6.45) is 2.58. The van der Waals surface area contributed by atoms with Crippen molar-refractivity contribution >= 4 is 5.57 Å². The Morgan fingerprint density at radius 1 is 1.17 bits per heavy atom. The lowest BCUT2D eigenvalue weighted by molar-refractivity contribution is -0.324. The minimum Gasteiger partial charge on any atom is -0.508 e. The van der Waals surface area contributed by atoms with Gasteiger partial charge >= 0.3 is 6.36 Å². The van der Waals surface area contributed by atoms with Gasteiger partial charge in [-0.05, 0) is 50.0 Å². The fourth-order valence-corrected chi connectivity index (χ4v) is 1.87. The molecule has 0 saturated heterocycles. The zero-order chi connectivity index (χ0) is 17.3. The molecule has 126 valence electrons. The Kier molecular flexibility index (Phi) is 7.62. The summed E-state index contributed by atoms with van der Waals surface area (Å²) >= 11 is 0. The molecule has 0 unspecified atom stereocenters. The maximum absolute atomic E-state index is 11.8. The van der Waals surface area contributed by atoms with Gasteiger partial charge in [0.15, 0.2) is 0 Å². The summed E-state index contributed by atoms with van der Waals surface area (Å²) in [7, 11) is 0. The summed E-state index contributed by atoms with van der Waals surface area (Å²) < 4.78 is 39.0. The lowest BCUT2D eigenvalue weighted by atomic mass is 10.0. The lowest BCUT2D eigenvalue weighted by Gasteiger charge is -2.05. The second-order valence-electron chi connectivity index (χ2n) is 5.01. The number of aryl methyl sites for hydroxylation is 1. The standard InChI is InChI=1S/C18H21F3O2/c1-3-15(16-9-7-14(2)8-10-16)11-12-17(22)6-4-5-13-23-18(19,20)21/h3,6-12,22H,4-5,13H2,1-2H3/b12-11-,15-3+,17-6-. The molecule has 0 bridgehead atoms. The number of hydrogen-bond acceptors (Lipinski definition) is 2. The van der Waals surface area contributed by atoms with Crippen LogP contribution in [0.1, 0.15) is 30.9 Å². The van der Waals surface area contributed by atoms with E-state index in [1.54, 1.807) is 6.08 Å². The SMILES string of the molecule is C\C=C(/C=C\C(O)=C\CCCOC(F)(F)F)c1ccc(C)cc1. The van der Waals surface area contributed by atoms with Crippen LogP contribution in [0.3, 0.4) is 0 Å². The van der Waals surface area contributed by atoms with Crippen molar-refractivity contribution in [2.75, 3.05) is 6.61 Å². The monoisotopic (exact) mass is 326 g/mol. The van der Waals surface area contributed by atoms with Crippen molar-refractivity contribution in [1.82, 2.24) is 0 Å². The Bertz CT molecular complexity index is 567. The summed E-state index contributed by atoms with van der Waals surface area (Å²) in [5.74, 6) is 0.0171. The van der Waals surface area contributed by atoms with Gasteiger partial charge in [0, 0.05) is 0 Å². The smallest absolute Gasteiger partial charge is 0.508 e. The normalized spacial score (nSPS) is 13.8. The van der Waals surface area contributed by atoms with Crippen LogP contribution in [0.4, 0.5) is 13.2 Å². The number of ether oxygens (including phenoxy) is 1. The topological polar surface area (TPSA) is 29.5 Å². The first-order valence-electron chi connectivity index (χ1n) is 7.33. The van der Waals surface area contributed by atoms with Crippen molar-refractivity contribution in [2.24, 2.45) is 0 Å². The largest absolute Gasteiger partial charge is 0.522 e. The molecule has 1 aromatic rings. The van der Waals surface area contributed by atoms with Crippen molar-refractivity contribution in [2.45, 2.75) is 33.1 Å². The average Bonchev–Trinajstić information content (AvgIpc) is 2.48. The molecule has 0 saturated carbocycles. The Morgan fingerprint density at radius 2 is 1.83 bits per heavy atom. The van der Waals surface area contributed by atoms with E-state index < -0.39 is 13.0 Å². The maximum atomic E-state index is 11.8. The number of aliphatic hydroxyl groups is 1. The van der Waals surface area contributed by atoms with Crippen LogP contribution in [-0.2, 0) is 4.74 Å². The van der Waals surface area contributed by atoms with Crippen LogP contribution in [0.2, 0.25) is 0 Å². The van der Waals surface area contributed by atoms with Crippen LogP contribution in [0, 0.1) is 6.92 Å². The minimum atomic E-state index is -4.60. The minimum absolute atomic E-state index is 0.0171. The van der Waals surface area contributed by atoms with Crippen LogP contribution in [-0.4, -0.2) is 18.1 Å². The molecular formula is C18H21F3O2. The molecule has 0 radical (unpaired) electrons. The van der Waals surface area contributed by atoms with Gasteiger partial charge in [-0.1, -0.05) is 42.0 Å². The summed E-state index contributed by atoms with van der Waals surface area (Å²) in [5, 5.41) is 9.73. The molecule has 0 spiro atoms. The fraction of sp³-hybridized carbons (Fsp3) is 0.333. The lowest BCUT2D eigenvalue weighted by Crippen LogP contribution is -2.13. The molecule has 5 heteroatoms. The predicted octanol–water partition coefficient (Wildman–Crippen LogP) is 5.71. The summed E-state index contributed by atoms with van der Waals surface area (Å²) in [5.41, 5.74) is 3.14. The van der Waals surface area contributed by atoms with E-state index in [-0.39, 0.29) is 12.2 Å². The third kappa shape index (κ3) is 8.26. The van der Waals surface area contributed by atoms with Crippen molar-refractivity contribution in [3.63, 3.8) is 0 Å². The third-order valence-corrected chi connectivity index (χ3v) is 3.10. The van der Waals surface area contributed by atoms with E-state index in [1.165, 1.54) is 12.2 Å². The number of hydrogen-bond donors (Lipinski definition) is 1. The van der Waals surface area contributed by atoms with Crippen LogP contribution in [0.5, 0.6) is 0 Å². The van der Waals surface area contributed by atoms with Crippen molar-refractivity contribution in [1.29, 1.82) is 0 Å². The molecule has 0 aliphatic heterocycles. The van der Waals surface area contributed by atoms with Gasteiger partial charge in [0.2, 0.25) is 0 Å². The van der Waals surface area contributed by atoms with E-state index in [0.717, 1.165) is 16.7 Å². The molecule has 0 heterocycles. The highest BCUT2D eigenvalue weighted by Gasteiger charge is 2.28. The Balaban J connectivity index is 2.50. The van der Waals surface area contributed by atoms with Gasteiger partial charge in [-0.2, -0.15) is 0 Å². The number of halogens is 3. The maximum Gasteiger partial charge on any atom is 0.522 e. The number of alkyl halides is 3. The van der Waals surface area contributed by atoms with E-state index >= 15 is 0 Å². The highest BCUT2D eigenvalue weighted by Crippen LogP contribution is 2.18. The number of benzene rings is 1. The highest BCUT2D eigenvalue weighted by atomic mass is 19.4. The molecule has 2 nitrogen and oxygen atoms in total. The Hall–Kier alpha value is -2.01. The van der Waals surface area contributed by atoms with E-state index in [2.05, 4.69) is 4.74 Å². The van der Waals surface area contributed by atoms with Gasteiger partial charge in [0.1, 0.15) is 5.76 Å². The highest BCUT2D eigenvalue weighted by molar-refractivity contribution is 5.74. The first-order chi connectivity index (χ1) is 10.8. The van der Waals surface area contributed by atoms with Crippen molar-refractivity contribution < 1.29 is 23.0 Å². The Labute approximate surface area is 134 Å². The second kappa shape index (κ2) is 9.20. The molecule has 0 amide bonds. The second-order valence-corrected chi connectivity index (χ2v) is 5.01. The molecule has 1 aromatic carbocycles. The summed E-state index contributed by atoms with van der Waals surface area (Å²) in [6, 6.07) is 7.99. The van der Waals surface area contributed by atoms with Crippen LogP contribution in [0.25, 0.3) is 5.57 Å². The molecule has 0 fully saturated rings. The van der Waals surface area contributed by atoms with Crippen LogP contribution < -0.4 is 0 Å². The third-order valence-electron chi connectivity index (χ3n) is 3.10.